The molecule has 0 atom stereocenters. The normalized spacial score (nSPS) is 9.76. The SMILES string of the molecule is C#CCNCc1cc(Br)c(OCC)c(OC)c1. The van der Waals surface area contributed by atoms with Crippen molar-refractivity contribution in [1.82, 2.24) is 5.32 Å². The minimum Gasteiger partial charge on any atom is -0.493 e. The lowest BCUT2D eigenvalue weighted by Gasteiger charge is -2.13. The molecule has 0 aromatic heterocycles. The largest absolute Gasteiger partial charge is 0.493 e. The standard InChI is InChI=1S/C13H16BrNO2/c1-4-6-15-9-10-7-11(14)13(17-5-2)12(8-10)16-3/h1,7-8,15H,5-6,9H2,2-3H3. The van der Waals surface area contributed by atoms with Crippen LogP contribution in [0.15, 0.2) is 16.6 Å². The van der Waals surface area contributed by atoms with E-state index in [0.717, 1.165) is 21.5 Å². The Morgan fingerprint density at radius 3 is 2.82 bits per heavy atom. The van der Waals surface area contributed by atoms with Crippen molar-refractivity contribution in [2.24, 2.45) is 0 Å². The Morgan fingerprint density at radius 1 is 1.47 bits per heavy atom. The zero-order chi connectivity index (χ0) is 12.7. The van der Waals surface area contributed by atoms with Crippen molar-refractivity contribution in [2.45, 2.75) is 13.5 Å². The molecule has 0 unspecified atom stereocenters. The van der Waals surface area contributed by atoms with Gasteiger partial charge in [-0.25, -0.2) is 0 Å². The Bertz CT molecular complexity index is 413. The van der Waals surface area contributed by atoms with E-state index in [0.29, 0.717) is 19.7 Å². The Hall–Kier alpha value is -1.18. The van der Waals surface area contributed by atoms with Crippen molar-refractivity contribution < 1.29 is 9.47 Å². The number of nitrogens with one attached hydrogen (secondary N) is 1. The zero-order valence-electron chi connectivity index (χ0n) is 10.0. The summed E-state index contributed by atoms with van der Waals surface area (Å²) >= 11 is 3.48. The summed E-state index contributed by atoms with van der Waals surface area (Å²) in [5.74, 6) is 3.99. The maximum atomic E-state index is 5.51. The van der Waals surface area contributed by atoms with Gasteiger partial charge in [-0.15, -0.1) is 6.42 Å². The van der Waals surface area contributed by atoms with Gasteiger partial charge in [-0.2, -0.15) is 0 Å². The molecule has 0 aliphatic carbocycles. The lowest BCUT2D eigenvalue weighted by atomic mass is 10.2. The minimum absolute atomic E-state index is 0.549. The van der Waals surface area contributed by atoms with Crippen LogP contribution in [0.1, 0.15) is 12.5 Å². The number of hydrogen-bond acceptors (Lipinski definition) is 3. The summed E-state index contributed by atoms with van der Waals surface area (Å²) in [6, 6.07) is 3.94. The van der Waals surface area contributed by atoms with Crippen LogP contribution in [0.4, 0.5) is 0 Å². The lowest BCUT2D eigenvalue weighted by molar-refractivity contribution is 0.308. The Balaban J connectivity index is 2.89. The second kappa shape index (κ2) is 7.21. The van der Waals surface area contributed by atoms with E-state index in [1.807, 2.05) is 19.1 Å². The van der Waals surface area contributed by atoms with Gasteiger partial charge in [-0.3, -0.25) is 0 Å². The summed E-state index contributed by atoms with van der Waals surface area (Å²) in [4.78, 5) is 0. The van der Waals surface area contributed by atoms with E-state index >= 15 is 0 Å². The first kappa shape index (κ1) is 13.9. The van der Waals surface area contributed by atoms with Crippen LogP contribution in [0, 0.1) is 12.3 Å². The van der Waals surface area contributed by atoms with Gasteiger partial charge in [0.15, 0.2) is 11.5 Å². The molecule has 0 fully saturated rings. The third-order valence-electron chi connectivity index (χ3n) is 2.13. The van der Waals surface area contributed by atoms with Gasteiger partial charge in [0.25, 0.3) is 0 Å². The molecule has 0 heterocycles. The average molecular weight is 298 g/mol. The first-order chi connectivity index (χ1) is 8.22. The van der Waals surface area contributed by atoms with Gasteiger partial charge in [-0.1, -0.05) is 5.92 Å². The van der Waals surface area contributed by atoms with Crippen molar-refractivity contribution in [3.05, 3.63) is 22.2 Å². The van der Waals surface area contributed by atoms with Crippen LogP contribution in [0.5, 0.6) is 11.5 Å². The Morgan fingerprint density at radius 2 is 2.24 bits per heavy atom. The summed E-state index contributed by atoms with van der Waals surface area (Å²) in [5.41, 5.74) is 1.09. The molecule has 0 bridgehead atoms. The molecule has 1 N–H and O–H groups in total. The van der Waals surface area contributed by atoms with Crippen molar-refractivity contribution in [1.29, 1.82) is 0 Å². The quantitative estimate of drug-likeness (QED) is 0.647. The zero-order valence-corrected chi connectivity index (χ0v) is 11.6. The predicted octanol–water partition coefficient (Wildman–Crippen LogP) is 2.58. The molecule has 1 rings (SSSR count). The number of methoxy groups -OCH3 is 1. The topological polar surface area (TPSA) is 30.5 Å². The van der Waals surface area contributed by atoms with E-state index in [4.69, 9.17) is 15.9 Å². The molecule has 0 radical (unpaired) electrons. The molecule has 0 aliphatic heterocycles. The van der Waals surface area contributed by atoms with Gasteiger partial charge in [0.1, 0.15) is 0 Å². The summed E-state index contributed by atoms with van der Waals surface area (Å²) in [5, 5.41) is 3.13. The monoisotopic (exact) mass is 297 g/mol. The summed E-state index contributed by atoms with van der Waals surface area (Å²) in [6.07, 6.45) is 5.18. The van der Waals surface area contributed by atoms with E-state index in [1.165, 1.54) is 0 Å². The third kappa shape index (κ3) is 3.95. The minimum atomic E-state index is 0.549. The van der Waals surface area contributed by atoms with Crippen LogP contribution in [0.2, 0.25) is 0 Å². The Labute approximate surface area is 111 Å². The van der Waals surface area contributed by atoms with Crippen LogP contribution >= 0.6 is 15.9 Å². The van der Waals surface area contributed by atoms with E-state index in [2.05, 4.69) is 27.2 Å². The van der Waals surface area contributed by atoms with Crippen LogP contribution in [0.25, 0.3) is 0 Å². The van der Waals surface area contributed by atoms with E-state index in [-0.39, 0.29) is 0 Å². The molecule has 1 aromatic carbocycles. The van der Waals surface area contributed by atoms with Gasteiger partial charge < -0.3 is 14.8 Å². The highest BCUT2D eigenvalue weighted by atomic mass is 79.9. The smallest absolute Gasteiger partial charge is 0.175 e. The molecule has 0 saturated heterocycles. The average Bonchev–Trinajstić information content (AvgIpc) is 2.32. The number of hydrogen-bond donors (Lipinski definition) is 1. The molecule has 17 heavy (non-hydrogen) atoms. The fraction of sp³-hybridized carbons (Fsp3) is 0.385. The van der Waals surface area contributed by atoms with E-state index < -0.39 is 0 Å². The van der Waals surface area contributed by atoms with Crippen LogP contribution in [-0.4, -0.2) is 20.3 Å². The van der Waals surface area contributed by atoms with Crippen molar-refractivity contribution in [3.63, 3.8) is 0 Å². The van der Waals surface area contributed by atoms with Crippen molar-refractivity contribution in [3.8, 4) is 23.8 Å². The fourth-order valence-corrected chi connectivity index (χ4v) is 2.04. The molecule has 0 spiro atoms. The number of ether oxygens (including phenoxy) is 2. The van der Waals surface area contributed by atoms with Gasteiger partial charge >= 0.3 is 0 Å². The number of halogens is 1. The maximum absolute atomic E-state index is 5.51. The molecule has 0 amide bonds. The number of terminal acetylenes is 1. The van der Waals surface area contributed by atoms with E-state index in [9.17, 15) is 0 Å². The number of benzene rings is 1. The number of rotatable bonds is 6. The third-order valence-corrected chi connectivity index (χ3v) is 2.72. The van der Waals surface area contributed by atoms with Crippen molar-refractivity contribution in [2.75, 3.05) is 20.3 Å². The molecule has 92 valence electrons. The van der Waals surface area contributed by atoms with Gasteiger partial charge in [-0.05, 0) is 40.5 Å². The van der Waals surface area contributed by atoms with Gasteiger partial charge in [0.05, 0.1) is 24.7 Å². The highest BCUT2D eigenvalue weighted by molar-refractivity contribution is 9.10. The first-order valence-corrected chi connectivity index (χ1v) is 6.15. The Kier molecular flexibility index (Phi) is 5.88. The highest BCUT2D eigenvalue weighted by Gasteiger charge is 2.10. The molecule has 3 nitrogen and oxygen atoms in total. The summed E-state index contributed by atoms with van der Waals surface area (Å²) in [6.45, 7) is 3.79. The molecular formula is C13H16BrNO2. The second-order valence-corrected chi connectivity index (χ2v) is 4.20. The van der Waals surface area contributed by atoms with Gasteiger partial charge in [0.2, 0.25) is 0 Å². The molecule has 4 heteroatoms. The first-order valence-electron chi connectivity index (χ1n) is 5.36. The molecular weight excluding hydrogens is 282 g/mol. The van der Waals surface area contributed by atoms with Crippen LogP contribution in [-0.2, 0) is 6.54 Å². The molecule has 1 aromatic rings. The highest BCUT2D eigenvalue weighted by Crippen LogP contribution is 2.36. The van der Waals surface area contributed by atoms with Crippen molar-refractivity contribution >= 4 is 15.9 Å². The molecule has 0 aliphatic rings. The van der Waals surface area contributed by atoms with Crippen LogP contribution < -0.4 is 14.8 Å². The van der Waals surface area contributed by atoms with E-state index in [1.54, 1.807) is 7.11 Å². The second-order valence-electron chi connectivity index (χ2n) is 3.35. The van der Waals surface area contributed by atoms with Crippen LogP contribution in [0.3, 0.4) is 0 Å². The summed E-state index contributed by atoms with van der Waals surface area (Å²) in [7, 11) is 1.63. The predicted molar refractivity (Wildman–Crippen MR) is 72.4 cm³/mol. The summed E-state index contributed by atoms with van der Waals surface area (Å²) < 4.78 is 11.7. The molecule has 0 saturated carbocycles. The maximum Gasteiger partial charge on any atom is 0.175 e. The van der Waals surface area contributed by atoms with Gasteiger partial charge in [0, 0.05) is 6.54 Å². The lowest BCUT2D eigenvalue weighted by Crippen LogP contribution is -2.13. The fourth-order valence-electron chi connectivity index (χ4n) is 1.44.